The van der Waals surface area contributed by atoms with Gasteiger partial charge in [0.05, 0.1) is 19.2 Å². The number of methoxy groups -OCH3 is 1. The Kier molecular flexibility index (Phi) is 4.25. The van der Waals surface area contributed by atoms with Gasteiger partial charge in [-0.25, -0.2) is 9.97 Å². The SMILES string of the molecule is COC(=O)CCc1csc(Nc2ccccn2)n1. The van der Waals surface area contributed by atoms with Crippen molar-refractivity contribution in [2.75, 3.05) is 12.4 Å². The van der Waals surface area contributed by atoms with E-state index in [1.807, 2.05) is 23.6 Å². The molecule has 2 aromatic heterocycles. The van der Waals surface area contributed by atoms with Crippen molar-refractivity contribution < 1.29 is 9.53 Å². The summed E-state index contributed by atoms with van der Waals surface area (Å²) < 4.78 is 4.59. The van der Waals surface area contributed by atoms with E-state index in [4.69, 9.17) is 0 Å². The third-order valence-electron chi connectivity index (χ3n) is 2.26. The number of pyridine rings is 1. The highest BCUT2D eigenvalue weighted by atomic mass is 32.1. The number of esters is 1. The van der Waals surface area contributed by atoms with Crippen LogP contribution in [0, 0.1) is 0 Å². The minimum Gasteiger partial charge on any atom is -0.469 e. The minimum absolute atomic E-state index is 0.220. The van der Waals surface area contributed by atoms with E-state index >= 15 is 0 Å². The van der Waals surface area contributed by atoms with E-state index in [9.17, 15) is 4.79 Å². The Morgan fingerprint density at radius 3 is 3.11 bits per heavy atom. The monoisotopic (exact) mass is 263 g/mol. The molecule has 0 aliphatic rings. The maximum atomic E-state index is 11.0. The van der Waals surface area contributed by atoms with Crippen molar-refractivity contribution >= 4 is 28.3 Å². The van der Waals surface area contributed by atoms with Gasteiger partial charge in [-0.3, -0.25) is 4.79 Å². The summed E-state index contributed by atoms with van der Waals surface area (Å²) in [6, 6.07) is 5.63. The van der Waals surface area contributed by atoms with Crippen LogP contribution < -0.4 is 5.32 Å². The number of carbonyl (C=O) groups is 1. The molecule has 0 radical (unpaired) electrons. The fraction of sp³-hybridized carbons (Fsp3) is 0.250. The first kappa shape index (κ1) is 12.5. The summed E-state index contributed by atoms with van der Waals surface area (Å²) in [7, 11) is 1.39. The first-order chi connectivity index (χ1) is 8.78. The van der Waals surface area contributed by atoms with Crippen LogP contribution >= 0.6 is 11.3 Å². The van der Waals surface area contributed by atoms with Crippen molar-refractivity contribution in [3.05, 3.63) is 35.5 Å². The molecule has 0 amide bonds. The summed E-state index contributed by atoms with van der Waals surface area (Å²) in [6.45, 7) is 0. The largest absolute Gasteiger partial charge is 0.469 e. The zero-order valence-electron chi connectivity index (χ0n) is 9.92. The van der Waals surface area contributed by atoms with E-state index in [0.29, 0.717) is 12.8 Å². The summed E-state index contributed by atoms with van der Waals surface area (Å²) in [5, 5.41) is 5.80. The molecule has 0 fully saturated rings. The smallest absolute Gasteiger partial charge is 0.305 e. The Bertz CT molecular complexity index is 513. The van der Waals surface area contributed by atoms with Crippen LogP contribution in [0.15, 0.2) is 29.8 Å². The predicted molar refractivity (Wildman–Crippen MR) is 70.0 cm³/mol. The fourth-order valence-electron chi connectivity index (χ4n) is 1.36. The number of nitrogens with one attached hydrogen (secondary N) is 1. The first-order valence-corrected chi connectivity index (χ1v) is 6.35. The molecule has 0 saturated carbocycles. The van der Waals surface area contributed by atoms with Gasteiger partial charge in [0, 0.05) is 18.0 Å². The molecular weight excluding hydrogens is 250 g/mol. The summed E-state index contributed by atoms with van der Waals surface area (Å²) in [6.07, 6.45) is 2.66. The predicted octanol–water partition coefficient (Wildman–Crippen LogP) is 2.39. The number of thiazole rings is 1. The number of ether oxygens (including phenoxy) is 1. The quantitative estimate of drug-likeness (QED) is 0.839. The zero-order chi connectivity index (χ0) is 12.8. The van der Waals surface area contributed by atoms with E-state index in [2.05, 4.69) is 20.0 Å². The van der Waals surface area contributed by atoms with E-state index < -0.39 is 0 Å². The van der Waals surface area contributed by atoms with Crippen LogP contribution in [0.1, 0.15) is 12.1 Å². The maximum Gasteiger partial charge on any atom is 0.305 e. The molecule has 5 nitrogen and oxygen atoms in total. The molecule has 0 unspecified atom stereocenters. The summed E-state index contributed by atoms with van der Waals surface area (Å²) in [4.78, 5) is 19.5. The topological polar surface area (TPSA) is 64.1 Å². The van der Waals surface area contributed by atoms with E-state index in [-0.39, 0.29) is 5.97 Å². The molecule has 0 spiro atoms. The number of carbonyl (C=O) groups excluding carboxylic acids is 1. The van der Waals surface area contributed by atoms with Gasteiger partial charge in [0.15, 0.2) is 5.13 Å². The Balaban J connectivity index is 1.92. The number of aromatic nitrogens is 2. The zero-order valence-corrected chi connectivity index (χ0v) is 10.7. The molecule has 6 heteroatoms. The van der Waals surface area contributed by atoms with E-state index in [1.165, 1.54) is 18.4 Å². The number of anilines is 2. The Morgan fingerprint density at radius 2 is 2.39 bits per heavy atom. The fourth-order valence-corrected chi connectivity index (χ4v) is 2.11. The average molecular weight is 263 g/mol. The molecule has 0 bridgehead atoms. The lowest BCUT2D eigenvalue weighted by atomic mass is 10.2. The lowest BCUT2D eigenvalue weighted by molar-refractivity contribution is -0.140. The third-order valence-corrected chi connectivity index (χ3v) is 3.07. The molecule has 0 aromatic carbocycles. The van der Waals surface area contributed by atoms with Crippen LogP contribution in [-0.2, 0) is 16.0 Å². The van der Waals surface area contributed by atoms with Crippen LogP contribution in [0.2, 0.25) is 0 Å². The van der Waals surface area contributed by atoms with Crippen LogP contribution in [0.25, 0.3) is 0 Å². The summed E-state index contributed by atoms with van der Waals surface area (Å²) >= 11 is 1.49. The summed E-state index contributed by atoms with van der Waals surface area (Å²) in [5.41, 5.74) is 0.879. The van der Waals surface area contributed by atoms with Crippen LogP contribution in [0.5, 0.6) is 0 Å². The second kappa shape index (κ2) is 6.11. The Hall–Kier alpha value is -1.95. The Labute approximate surface area is 109 Å². The molecule has 0 aliphatic carbocycles. The van der Waals surface area contributed by atoms with Crippen molar-refractivity contribution in [1.29, 1.82) is 0 Å². The standard InChI is InChI=1S/C12H13N3O2S/c1-17-11(16)6-5-9-8-18-12(14-9)15-10-4-2-3-7-13-10/h2-4,7-8H,5-6H2,1H3,(H,13,14,15). The second-order valence-electron chi connectivity index (χ2n) is 3.56. The molecule has 18 heavy (non-hydrogen) atoms. The number of hydrogen-bond donors (Lipinski definition) is 1. The number of rotatable bonds is 5. The summed E-state index contributed by atoms with van der Waals surface area (Å²) in [5.74, 6) is 0.536. The lowest BCUT2D eigenvalue weighted by Gasteiger charge is -1.99. The van der Waals surface area contributed by atoms with Crippen molar-refractivity contribution in [3.63, 3.8) is 0 Å². The van der Waals surface area contributed by atoms with Gasteiger partial charge in [0.2, 0.25) is 0 Å². The maximum absolute atomic E-state index is 11.0. The van der Waals surface area contributed by atoms with Crippen LogP contribution in [-0.4, -0.2) is 23.0 Å². The van der Waals surface area contributed by atoms with E-state index in [1.54, 1.807) is 6.20 Å². The van der Waals surface area contributed by atoms with Gasteiger partial charge in [0.1, 0.15) is 5.82 Å². The lowest BCUT2D eigenvalue weighted by Crippen LogP contribution is -2.02. The van der Waals surface area contributed by atoms with Gasteiger partial charge < -0.3 is 10.1 Å². The van der Waals surface area contributed by atoms with Gasteiger partial charge in [0.25, 0.3) is 0 Å². The first-order valence-electron chi connectivity index (χ1n) is 5.47. The molecule has 2 heterocycles. The van der Waals surface area contributed by atoms with Gasteiger partial charge in [-0.2, -0.15) is 0 Å². The highest BCUT2D eigenvalue weighted by Crippen LogP contribution is 2.20. The van der Waals surface area contributed by atoms with Crippen molar-refractivity contribution in [2.45, 2.75) is 12.8 Å². The van der Waals surface area contributed by atoms with Gasteiger partial charge in [-0.15, -0.1) is 11.3 Å². The number of hydrogen-bond acceptors (Lipinski definition) is 6. The van der Waals surface area contributed by atoms with Gasteiger partial charge in [-0.05, 0) is 12.1 Å². The van der Waals surface area contributed by atoms with Crippen molar-refractivity contribution in [2.24, 2.45) is 0 Å². The Morgan fingerprint density at radius 1 is 1.50 bits per heavy atom. The van der Waals surface area contributed by atoms with E-state index in [0.717, 1.165) is 16.6 Å². The molecule has 0 aliphatic heterocycles. The molecule has 1 N–H and O–H groups in total. The number of nitrogens with zero attached hydrogens (tertiary/aromatic N) is 2. The average Bonchev–Trinajstić information content (AvgIpc) is 2.85. The second-order valence-corrected chi connectivity index (χ2v) is 4.42. The molecular formula is C12H13N3O2S. The van der Waals surface area contributed by atoms with Gasteiger partial charge in [-0.1, -0.05) is 6.07 Å². The van der Waals surface area contributed by atoms with Crippen LogP contribution in [0.4, 0.5) is 10.9 Å². The van der Waals surface area contributed by atoms with Crippen molar-refractivity contribution in [1.82, 2.24) is 9.97 Å². The minimum atomic E-state index is -0.220. The van der Waals surface area contributed by atoms with Gasteiger partial charge >= 0.3 is 5.97 Å². The molecule has 94 valence electrons. The molecule has 0 atom stereocenters. The molecule has 2 aromatic rings. The highest BCUT2D eigenvalue weighted by molar-refractivity contribution is 7.13. The normalized spacial score (nSPS) is 10.1. The highest BCUT2D eigenvalue weighted by Gasteiger charge is 2.06. The molecule has 0 saturated heterocycles. The third kappa shape index (κ3) is 3.53. The number of aryl methyl sites for hydroxylation is 1. The van der Waals surface area contributed by atoms with Crippen LogP contribution in [0.3, 0.4) is 0 Å². The van der Waals surface area contributed by atoms with Crippen molar-refractivity contribution in [3.8, 4) is 0 Å². The molecule has 2 rings (SSSR count).